The maximum absolute atomic E-state index is 15.2. The van der Waals surface area contributed by atoms with Crippen molar-refractivity contribution in [2.45, 2.75) is 99.1 Å². The third-order valence-corrected chi connectivity index (χ3v) is 18.8. The summed E-state index contributed by atoms with van der Waals surface area (Å²) in [5.74, 6) is 2.46. The number of hydrogen-bond acceptors (Lipinski definition) is 9. The molecule has 4 nitrogen and oxygen atoms in total. The number of aliphatic hydroxyl groups is 1. The Labute approximate surface area is 381 Å². The fraction of sp³-hybridized carbons (Fsp3) is 0.420. The molecule has 2 aliphatic heterocycles. The van der Waals surface area contributed by atoms with E-state index in [1.807, 2.05) is 27.6 Å². The summed E-state index contributed by atoms with van der Waals surface area (Å²) in [5.41, 5.74) is 3.30. The van der Waals surface area contributed by atoms with Crippen molar-refractivity contribution < 1.29 is 9.90 Å². The zero-order valence-electron chi connectivity index (χ0n) is 35.7. The van der Waals surface area contributed by atoms with E-state index >= 15 is 4.79 Å². The molecule has 0 spiro atoms. The Morgan fingerprint density at radius 3 is 1.38 bits per heavy atom. The van der Waals surface area contributed by atoms with Crippen LogP contribution in [0.25, 0.3) is 50.4 Å². The summed E-state index contributed by atoms with van der Waals surface area (Å²) in [7, 11) is 0. The van der Waals surface area contributed by atoms with Crippen LogP contribution < -0.4 is 0 Å². The molecule has 0 bridgehead atoms. The van der Waals surface area contributed by atoms with E-state index in [1.54, 1.807) is 45.3 Å². The highest BCUT2D eigenvalue weighted by Crippen LogP contribution is 2.52. The molecule has 6 aromatic rings. The second-order valence-electron chi connectivity index (χ2n) is 17.6. The summed E-state index contributed by atoms with van der Waals surface area (Å²) in [6.45, 7) is 15.2. The predicted molar refractivity (Wildman–Crippen MR) is 265 cm³/mol. The average molecular weight is 911 g/mol. The van der Waals surface area contributed by atoms with Gasteiger partial charge in [0, 0.05) is 57.7 Å². The van der Waals surface area contributed by atoms with Gasteiger partial charge in [0.1, 0.15) is 0 Å². The third-order valence-electron chi connectivity index (χ3n) is 11.9. The van der Waals surface area contributed by atoms with E-state index in [0.717, 1.165) is 46.0 Å². The number of amides is 1. The maximum atomic E-state index is 15.2. The first-order valence-electron chi connectivity index (χ1n) is 21.8. The van der Waals surface area contributed by atoms with E-state index in [9.17, 15) is 5.11 Å². The van der Waals surface area contributed by atoms with Gasteiger partial charge in [-0.15, -0.1) is 68.0 Å². The Hall–Kier alpha value is -3.09. The average Bonchev–Trinajstić information content (AvgIpc) is 4.07. The summed E-state index contributed by atoms with van der Waals surface area (Å²) in [5, 5.41) is 17.0. The van der Waals surface area contributed by atoms with Crippen LogP contribution in [0.5, 0.6) is 0 Å². The van der Waals surface area contributed by atoms with Crippen molar-refractivity contribution in [1.82, 2.24) is 9.80 Å². The summed E-state index contributed by atoms with van der Waals surface area (Å²) in [4.78, 5) is 31.5. The number of aliphatic hydroxyl groups excluding tert-OH is 1. The quantitative estimate of drug-likeness (QED) is 0.0830. The second-order valence-corrected chi connectivity index (χ2v) is 23.8. The first kappa shape index (κ1) is 43.6. The van der Waals surface area contributed by atoms with Gasteiger partial charge in [0.15, 0.2) is 6.23 Å². The third kappa shape index (κ3) is 9.60. The monoisotopic (exact) mass is 910 g/mol. The molecule has 1 N–H and O–H groups in total. The first-order valence-corrected chi connectivity index (χ1v) is 26.8. The van der Waals surface area contributed by atoms with Gasteiger partial charge in [0.05, 0.1) is 26.7 Å². The van der Waals surface area contributed by atoms with Crippen LogP contribution in [0, 0.1) is 23.7 Å². The SMILES string of the molecule is CC(C)CCC[C@H](C)CCN1C(=O)C2=C(c3ccc(-c4ccc(-c5cccs5)s4)s3)N(CC[C@@H](C)CCCC(C)C)C(O)C2=C1c1ccc(-c2ccc(-c3cccs3)s2)s1. The molecule has 8 heterocycles. The van der Waals surface area contributed by atoms with Gasteiger partial charge in [-0.05, 0) is 108 Å². The lowest BCUT2D eigenvalue weighted by molar-refractivity contribution is -0.123. The highest BCUT2D eigenvalue weighted by atomic mass is 32.1. The molecule has 0 saturated heterocycles. The molecule has 1 unspecified atom stereocenters. The normalized spacial score (nSPS) is 16.8. The first-order chi connectivity index (χ1) is 29.0. The highest BCUT2D eigenvalue weighted by molar-refractivity contribution is 7.27. The highest BCUT2D eigenvalue weighted by Gasteiger charge is 2.49. The van der Waals surface area contributed by atoms with Crippen molar-refractivity contribution in [3.8, 4) is 39.0 Å². The molecule has 2 aliphatic rings. The topological polar surface area (TPSA) is 43.8 Å². The summed E-state index contributed by atoms with van der Waals surface area (Å²) >= 11 is 10.7. The van der Waals surface area contributed by atoms with Crippen LogP contribution >= 0.6 is 68.0 Å². The Balaban J connectivity index is 1.17. The number of fused-ring (bicyclic) bond motifs is 1. The van der Waals surface area contributed by atoms with Gasteiger partial charge in [-0.3, -0.25) is 4.79 Å². The molecule has 0 aliphatic carbocycles. The van der Waals surface area contributed by atoms with E-state index in [0.29, 0.717) is 42.3 Å². The van der Waals surface area contributed by atoms with E-state index in [-0.39, 0.29) is 5.91 Å². The van der Waals surface area contributed by atoms with Gasteiger partial charge in [-0.25, -0.2) is 0 Å². The number of nitrogens with zero attached hydrogens (tertiary/aromatic N) is 2. The number of thiophene rings is 6. The van der Waals surface area contributed by atoms with Crippen LogP contribution in [0.3, 0.4) is 0 Å². The van der Waals surface area contributed by atoms with Crippen molar-refractivity contribution in [2.24, 2.45) is 23.7 Å². The molecule has 0 radical (unpaired) electrons. The van der Waals surface area contributed by atoms with Gasteiger partial charge >= 0.3 is 0 Å². The largest absolute Gasteiger partial charge is 0.369 e. The van der Waals surface area contributed by atoms with Crippen molar-refractivity contribution in [2.75, 3.05) is 13.1 Å². The van der Waals surface area contributed by atoms with E-state index in [2.05, 4.69) is 130 Å². The molecule has 1 amide bonds. The minimum absolute atomic E-state index is 0.0352. The lowest BCUT2D eigenvalue weighted by Gasteiger charge is -2.30. The molecule has 6 aromatic heterocycles. The Kier molecular flexibility index (Phi) is 14.2. The van der Waals surface area contributed by atoms with Crippen molar-refractivity contribution >= 4 is 85.3 Å². The fourth-order valence-corrected chi connectivity index (χ4v) is 14.5. The Morgan fingerprint density at radius 1 is 0.517 bits per heavy atom. The number of carbonyl (C=O) groups excluding carboxylic acids is 1. The van der Waals surface area contributed by atoms with Gasteiger partial charge in [-0.2, -0.15) is 0 Å². The molecule has 60 heavy (non-hydrogen) atoms. The predicted octanol–water partition coefficient (Wildman–Crippen LogP) is 16.0. The standard InChI is InChI=1S/C50H58N2O2S6/c1-31(2)11-7-13-33(5)25-27-51-47(43-23-21-41(59-43)39-19-17-37(57-39)35-15-9-29-55-35)45-46(49(51)53)48(52(50(45)54)28-26-34(6)14-8-12-32(3)4)44-24-22-42(60-44)40-20-18-38(58-40)36-16-10-30-56-36/h9-10,15-24,29-34,49,53H,7-8,11-14,25-28H2,1-6H3/t33-,34-,49?/m0/s1. The summed E-state index contributed by atoms with van der Waals surface area (Å²) in [6.07, 6.45) is 8.22. The van der Waals surface area contributed by atoms with Crippen molar-refractivity contribution in [3.05, 3.63) is 104 Å². The number of rotatable bonds is 20. The number of hydrogen-bond donors (Lipinski definition) is 1. The molecule has 10 heteroatoms. The summed E-state index contributed by atoms with van der Waals surface area (Å²) in [6, 6.07) is 26.3. The van der Waals surface area contributed by atoms with E-state index in [1.165, 1.54) is 71.1 Å². The minimum atomic E-state index is -0.902. The summed E-state index contributed by atoms with van der Waals surface area (Å²) < 4.78 is 0. The van der Waals surface area contributed by atoms with Crippen LogP contribution in [0.2, 0.25) is 0 Å². The van der Waals surface area contributed by atoms with Crippen LogP contribution in [-0.2, 0) is 4.79 Å². The van der Waals surface area contributed by atoms with Gasteiger partial charge < -0.3 is 14.9 Å². The fourth-order valence-electron chi connectivity index (χ4n) is 8.48. The smallest absolute Gasteiger partial charge is 0.261 e. The van der Waals surface area contributed by atoms with E-state index in [4.69, 9.17) is 0 Å². The number of carbonyl (C=O) groups is 1. The molecular formula is C50H58N2O2S6. The molecule has 0 aromatic carbocycles. The van der Waals surface area contributed by atoms with Gasteiger partial charge in [0.2, 0.25) is 0 Å². The van der Waals surface area contributed by atoms with Crippen LogP contribution in [0.15, 0.2) is 94.7 Å². The van der Waals surface area contributed by atoms with Crippen molar-refractivity contribution in [3.63, 3.8) is 0 Å². The van der Waals surface area contributed by atoms with Crippen LogP contribution in [0.4, 0.5) is 0 Å². The molecule has 316 valence electrons. The second kappa shape index (κ2) is 19.5. The molecule has 3 atom stereocenters. The molecule has 0 fully saturated rings. The molecule has 8 rings (SSSR count). The van der Waals surface area contributed by atoms with Crippen LogP contribution in [-0.4, -0.2) is 40.1 Å². The van der Waals surface area contributed by atoms with Gasteiger partial charge in [0.25, 0.3) is 5.91 Å². The molecular weight excluding hydrogens is 853 g/mol. The van der Waals surface area contributed by atoms with Crippen LogP contribution in [0.1, 0.15) is 103 Å². The minimum Gasteiger partial charge on any atom is -0.369 e. The zero-order valence-corrected chi connectivity index (χ0v) is 40.6. The lowest BCUT2D eigenvalue weighted by atomic mass is 9.97. The van der Waals surface area contributed by atoms with Crippen molar-refractivity contribution in [1.29, 1.82) is 0 Å². The maximum Gasteiger partial charge on any atom is 0.261 e. The van der Waals surface area contributed by atoms with Gasteiger partial charge in [-0.1, -0.05) is 92.2 Å². The van der Waals surface area contributed by atoms with E-state index < -0.39 is 6.23 Å². The molecule has 0 saturated carbocycles. The Bertz CT molecular complexity index is 2400. The zero-order chi connectivity index (χ0) is 41.9. The Morgan fingerprint density at radius 2 is 0.933 bits per heavy atom. The lowest BCUT2D eigenvalue weighted by Crippen LogP contribution is -2.34.